The number of nitrogens with zero attached hydrogens (tertiary/aromatic N) is 5. The van der Waals surface area contributed by atoms with Crippen LogP contribution in [-0.4, -0.2) is 23.9 Å². The van der Waals surface area contributed by atoms with Crippen LogP contribution in [0.3, 0.4) is 0 Å². The molecule has 0 unspecified atom stereocenters. The Morgan fingerprint density at radius 2 is 1.18 bits per heavy atom. The van der Waals surface area contributed by atoms with Crippen LogP contribution in [0.1, 0.15) is 0 Å². The van der Waals surface area contributed by atoms with Crippen LogP contribution >= 0.6 is 0 Å². The van der Waals surface area contributed by atoms with Gasteiger partial charge in [-0.3, -0.25) is 9.36 Å². The minimum atomic E-state index is -0.121. The van der Waals surface area contributed by atoms with E-state index < -0.39 is 0 Å². The highest BCUT2D eigenvalue weighted by Crippen LogP contribution is 2.33. The zero-order chi connectivity index (χ0) is 25.2. The van der Waals surface area contributed by atoms with Gasteiger partial charge in [-0.1, -0.05) is 78.9 Å². The predicted octanol–water partition coefficient (Wildman–Crippen LogP) is 6.56. The highest BCUT2D eigenvalue weighted by Gasteiger charge is 2.20. The molecule has 0 radical (unpaired) electrons. The third kappa shape index (κ3) is 2.88. The minimum Gasteiger partial charge on any atom is -0.268 e. The van der Waals surface area contributed by atoms with E-state index in [4.69, 9.17) is 15.0 Å². The molecule has 0 amide bonds. The van der Waals surface area contributed by atoms with Crippen LogP contribution in [0.4, 0.5) is 0 Å². The molecule has 4 aromatic carbocycles. The summed E-state index contributed by atoms with van der Waals surface area (Å²) in [6, 6.07) is 37.7. The second kappa shape index (κ2) is 7.82. The molecule has 0 N–H and O–H groups in total. The van der Waals surface area contributed by atoms with Gasteiger partial charge in [-0.25, -0.2) is 19.4 Å². The molecule has 0 spiro atoms. The zero-order valence-electron chi connectivity index (χ0n) is 20.1. The number of hydrogen-bond acceptors (Lipinski definition) is 4. The fourth-order valence-electron chi connectivity index (χ4n) is 5.44. The van der Waals surface area contributed by atoms with E-state index >= 15 is 0 Å². The maximum absolute atomic E-state index is 13.9. The molecule has 0 bridgehead atoms. The summed E-state index contributed by atoms with van der Waals surface area (Å²) in [6.07, 6.45) is 0. The van der Waals surface area contributed by atoms with Gasteiger partial charge in [0.1, 0.15) is 11.3 Å². The smallest absolute Gasteiger partial charge is 0.267 e. The van der Waals surface area contributed by atoms with Gasteiger partial charge in [0.15, 0.2) is 0 Å². The maximum Gasteiger partial charge on any atom is 0.267 e. The van der Waals surface area contributed by atoms with Crippen molar-refractivity contribution < 1.29 is 0 Å². The Morgan fingerprint density at radius 3 is 2.00 bits per heavy atom. The Bertz CT molecular complexity index is 2260. The van der Waals surface area contributed by atoms with Crippen LogP contribution in [-0.2, 0) is 0 Å². The molecule has 0 aliphatic carbocycles. The Kier molecular flexibility index (Phi) is 4.28. The highest BCUT2D eigenvalue weighted by molar-refractivity contribution is 6.09. The van der Waals surface area contributed by atoms with Gasteiger partial charge in [0, 0.05) is 21.7 Å². The lowest BCUT2D eigenvalue weighted by atomic mass is 10.1. The van der Waals surface area contributed by atoms with Gasteiger partial charge in [-0.05, 0) is 36.4 Å². The Morgan fingerprint density at radius 1 is 0.526 bits per heavy atom. The predicted molar refractivity (Wildman–Crippen MR) is 152 cm³/mol. The van der Waals surface area contributed by atoms with Gasteiger partial charge in [0.05, 0.1) is 27.6 Å². The number of pyridine rings is 1. The summed E-state index contributed by atoms with van der Waals surface area (Å²) in [5.41, 5.74) is 5.42. The fraction of sp³-hybridized carbons (Fsp3) is 0. The van der Waals surface area contributed by atoms with Crippen LogP contribution in [0.5, 0.6) is 0 Å². The lowest BCUT2D eigenvalue weighted by Crippen LogP contribution is -2.18. The van der Waals surface area contributed by atoms with Crippen molar-refractivity contribution in [2.75, 3.05) is 0 Å². The molecular weight excluding hydrogens is 470 g/mol. The van der Waals surface area contributed by atoms with E-state index in [1.807, 2.05) is 102 Å². The standard InChI is InChI=1S/C32H19N5O/c38-31-24-14-5-8-16-26(24)33-28-19-18-22-21-12-6-9-17-27(21)36(30(22)37(28)31)32-34-25-15-7-4-13-23(25)29(35-32)20-10-2-1-3-11-20/h1-19H. The van der Waals surface area contributed by atoms with Crippen LogP contribution in [0, 0.1) is 0 Å². The van der Waals surface area contributed by atoms with Gasteiger partial charge in [0.25, 0.3) is 5.56 Å². The second-order valence-corrected chi connectivity index (χ2v) is 9.31. The van der Waals surface area contributed by atoms with Crippen molar-refractivity contribution in [2.24, 2.45) is 0 Å². The lowest BCUT2D eigenvalue weighted by molar-refractivity contribution is 0.971. The fourth-order valence-corrected chi connectivity index (χ4v) is 5.44. The zero-order valence-corrected chi connectivity index (χ0v) is 20.1. The van der Waals surface area contributed by atoms with E-state index in [9.17, 15) is 4.79 Å². The average molecular weight is 490 g/mol. The minimum absolute atomic E-state index is 0.121. The largest absolute Gasteiger partial charge is 0.268 e. The Hall–Kier alpha value is -5.36. The maximum atomic E-state index is 13.9. The topological polar surface area (TPSA) is 65.1 Å². The van der Waals surface area contributed by atoms with Gasteiger partial charge >= 0.3 is 0 Å². The summed E-state index contributed by atoms with van der Waals surface area (Å²) in [6.45, 7) is 0. The van der Waals surface area contributed by atoms with Crippen molar-refractivity contribution in [3.05, 3.63) is 126 Å². The van der Waals surface area contributed by atoms with Crippen molar-refractivity contribution in [1.82, 2.24) is 23.9 Å². The summed E-state index contributed by atoms with van der Waals surface area (Å²) in [5.74, 6) is 0.501. The van der Waals surface area contributed by atoms with E-state index in [1.165, 1.54) is 0 Å². The molecule has 0 saturated carbocycles. The molecule has 178 valence electrons. The summed E-state index contributed by atoms with van der Waals surface area (Å²) in [4.78, 5) is 28.9. The van der Waals surface area contributed by atoms with Crippen molar-refractivity contribution in [3.63, 3.8) is 0 Å². The van der Waals surface area contributed by atoms with Gasteiger partial charge in [0.2, 0.25) is 5.95 Å². The molecule has 0 aliphatic heterocycles. The van der Waals surface area contributed by atoms with Crippen molar-refractivity contribution in [1.29, 1.82) is 0 Å². The molecule has 0 saturated heterocycles. The molecule has 6 heteroatoms. The molecule has 4 heterocycles. The lowest BCUT2D eigenvalue weighted by Gasteiger charge is -2.13. The van der Waals surface area contributed by atoms with E-state index in [-0.39, 0.29) is 5.56 Å². The monoisotopic (exact) mass is 489 g/mol. The van der Waals surface area contributed by atoms with Crippen molar-refractivity contribution in [3.8, 4) is 17.2 Å². The first-order chi connectivity index (χ1) is 18.8. The molecule has 38 heavy (non-hydrogen) atoms. The molecule has 6 nitrogen and oxygen atoms in total. The third-order valence-corrected chi connectivity index (χ3v) is 7.14. The summed E-state index contributed by atoms with van der Waals surface area (Å²) >= 11 is 0. The first-order valence-corrected chi connectivity index (χ1v) is 12.4. The molecule has 0 atom stereocenters. The number of rotatable bonds is 2. The summed E-state index contributed by atoms with van der Waals surface area (Å²) < 4.78 is 3.69. The van der Waals surface area contributed by atoms with Crippen LogP contribution in [0.2, 0.25) is 0 Å². The van der Waals surface area contributed by atoms with Crippen LogP contribution in [0.15, 0.2) is 120 Å². The molecular formula is C32H19N5O. The number of hydrogen-bond donors (Lipinski definition) is 0. The van der Waals surface area contributed by atoms with Gasteiger partial charge in [-0.15, -0.1) is 0 Å². The number of para-hydroxylation sites is 3. The molecule has 4 aromatic heterocycles. The third-order valence-electron chi connectivity index (χ3n) is 7.14. The molecule has 0 fully saturated rings. The Labute approximate surface area is 216 Å². The van der Waals surface area contributed by atoms with Crippen molar-refractivity contribution >= 4 is 49.4 Å². The average Bonchev–Trinajstić information content (AvgIpc) is 3.31. The molecule has 8 rings (SSSR count). The van der Waals surface area contributed by atoms with Gasteiger partial charge < -0.3 is 0 Å². The SMILES string of the molecule is O=c1c2ccccc2nc2ccc3c4ccccc4n(-c4nc(-c5ccccc5)c5ccccc5n4)c3n12. The van der Waals surface area contributed by atoms with E-state index in [0.29, 0.717) is 28.1 Å². The number of benzene rings is 4. The van der Waals surface area contributed by atoms with E-state index in [1.54, 1.807) is 4.40 Å². The second-order valence-electron chi connectivity index (χ2n) is 9.31. The molecule has 8 aromatic rings. The van der Waals surface area contributed by atoms with Crippen molar-refractivity contribution in [2.45, 2.75) is 0 Å². The summed E-state index contributed by atoms with van der Waals surface area (Å²) in [5, 5.41) is 3.49. The Balaban J connectivity index is 1.59. The first-order valence-electron chi connectivity index (χ1n) is 12.4. The van der Waals surface area contributed by atoms with E-state index in [0.717, 1.165) is 38.4 Å². The quantitative estimate of drug-likeness (QED) is 0.258. The van der Waals surface area contributed by atoms with Gasteiger partial charge in [-0.2, -0.15) is 0 Å². The normalized spacial score (nSPS) is 11.8. The van der Waals surface area contributed by atoms with Crippen LogP contribution < -0.4 is 5.56 Å². The first kappa shape index (κ1) is 20.8. The van der Waals surface area contributed by atoms with Crippen LogP contribution in [0.25, 0.3) is 66.6 Å². The highest BCUT2D eigenvalue weighted by atomic mass is 16.1. The van der Waals surface area contributed by atoms with E-state index in [2.05, 4.69) is 18.2 Å². The number of fused-ring (bicyclic) bond motifs is 7. The molecule has 0 aliphatic rings. The summed E-state index contributed by atoms with van der Waals surface area (Å²) in [7, 11) is 0. The number of aromatic nitrogens is 5.